The summed E-state index contributed by atoms with van der Waals surface area (Å²) < 4.78 is 16.1. The molecule has 1 fully saturated rings. The van der Waals surface area contributed by atoms with Crippen LogP contribution in [0.2, 0.25) is 0 Å². The van der Waals surface area contributed by atoms with Gasteiger partial charge in [-0.1, -0.05) is 42.5 Å². The van der Waals surface area contributed by atoms with E-state index >= 15 is 0 Å². The predicted molar refractivity (Wildman–Crippen MR) is 116 cm³/mol. The van der Waals surface area contributed by atoms with Gasteiger partial charge in [0.25, 0.3) is 0 Å². The molecular formula is C24H28O8. The molecule has 1 aliphatic heterocycles. The second kappa shape index (κ2) is 11.2. The van der Waals surface area contributed by atoms with Crippen molar-refractivity contribution in [2.24, 2.45) is 0 Å². The molecule has 1 aliphatic rings. The van der Waals surface area contributed by atoms with E-state index in [2.05, 4.69) is 0 Å². The molecule has 0 amide bonds. The Morgan fingerprint density at radius 1 is 1.03 bits per heavy atom. The van der Waals surface area contributed by atoms with E-state index in [0.29, 0.717) is 18.8 Å². The zero-order chi connectivity index (χ0) is 23.1. The normalized spacial score (nSPS) is 25.6. The molecule has 2 aromatic carbocycles. The van der Waals surface area contributed by atoms with Crippen molar-refractivity contribution in [1.82, 2.24) is 0 Å². The first kappa shape index (κ1) is 23.9. The summed E-state index contributed by atoms with van der Waals surface area (Å²) in [7, 11) is 0. The van der Waals surface area contributed by atoms with Crippen LogP contribution in [0.4, 0.5) is 0 Å². The Labute approximate surface area is 186 Å². The highest BCUT2D eigenvalue weighted by Gasteiger charge is 2.44. The summed E-state index contributed by atoms with van der Waals surface area (Å²) in [6.45, 7) is 1.55. The van der Waals surface area contributed by atoms with Gasteiger partial charge < -0.3 is 34.6 Å². The minimum atomic E-state index is -1.51. The number of para-hydroxylation sites is 1. The monoisotopic (exact) mass is 444 g/mol. The number of benzene rings is 2. The van der Waals surface area contributed by atoms with Gasteiger partial charge in [-0.2, -0.15) is 0 Å². The van der Waals surface area contributed by atoms with Gasteiger partial charge in [0.05, 0.1) is 13.2 Å². The zero-order valence-electron chi connectivity index (χ0n) is 17.7. The number of hydrogen-bond acceptors (Lipinski definition) is 8. The third-order valence-corrected chi connectivity index (χ3v) is 5.14. The van der Waals surface area contributed by atoms with Gasteiger partial charge in [0, 0.05) is 12.5 Å². The Morgan fingerprint density at radius 2 is 1.75 bits per heavy atom. The molecule has 1 saturated heterocycles. The Kier molecular flexibility index (Phi) is 8.38. The largest absolute Gasteiger partial charge is 0.463 e. The van der Waals surface area contributed by atoms with Crippen LogP contribution in [0.3, 0.4) is 0 Å². The molecule has 3 rings (SSSR count). The van der Waals surface area contributed by atoms with Gasteiger partial charge >= 0.3 is 5.97 Å². The molecule has 32 heavy (non-hydrogen) atoms. The number of esters is 1. The predicted octanol–water partition coefficient (Wildman–Crippen LogP) is 1.03. The summed E-state index contributed by atoms with van der Waals surface area (Å²) >= 11 is 0. The summed E-state index contributed by atoms with van der Waals surface area (Å²) in [6, 6.07) is 14.8. The van der Waals surface area contributed by atoms with E-state index in [1.54, 1.807) is 25.1 Å². The maximum Gasteiger partial charge on any atom is 0.330 e. The first-order chi connectivity index (χ1) is 15.4. The fraction of sp³-hybridized carbons (Fsp3) is 0.375. The van der Waals surface area contributed by atoms with E-state index in [9.17, 15) is 25.2 Å². The molecule has 1 unspecified atom stereocenters. The molecule has 0 bridgehead atoms. The van der Waals surface area contributed by atoms with Crippen molar-refractivity contribution in [3.63, 3.8) is 0 Å². The van der Waals surface area contributed by atoms with Crippen LogP contribution in [0.1, 0.15) is 23.6 Å². The maximum atomic E-state index is 11.4. The quantitative estimate of drug-likeness (QED) is 0.351. The molecule has 0 saturated carbocycles. The van der Waals surface area contributed by atoms with Crippen molar-refractivity contribution in [1.29, 1.82) is 0 Å². The lowest BCUT2D eigenvalue weighted by molar-refractivity contribution is -0.277. The van der Waals surface area contributed by atoms with E-state index in [1.807, 2.05) is 36.4 Å². The zero-order valence-corrected chi connectivity index (χ0v) is 17.7. The van der Waals surface area contributed by atoms with Gasteiger partial charge in [-0.15, -0.1) is 0 Å². The number of aliphatic hydroxyl groups excluding tert-OH is 4. The smallest absolute Gasteiger partial charge is 0.330 e. The number of aliphatic hydroxyl groups is 4. The lowest BCUT2D eigenvalue weighted by Gasteiger charge is -2.39. The van der Waals surface area contributed by atoms with Gasteiger partial charge in [0.1, 0.15) is 30.2 Å². The molecule has 0 radical (unpaired) electrons. The van der Waals surface area contributed by atoms with Gasteiger partial charge in [0.15, 0.2) is 0 Å². The topological polar surface area (TPSA) is 126 Å². The summed E-state index contributed by atoms with van der Waals surface area (Å²) in [6.07, 6.45) is -3.14. The van der Waals surface area contributed by atoms with Crippen LogP contribution in [-0.2, 0) is 20.7 Å². The molecule has 5 atom stereocenters. The fourth-order valence-corrected chi connectivity index (χ4v) is 3.38. The van der Waals surface area contributed by atoms with Gasteiger partial charge in [-0.25, -0.2) is 4.79 Å². The minimum Gasteiger partial charge on any atom is -0.463 e. The van der Waals surface area contributed by atoms with E-state index < -0.39 is 43.3 Å². The summed E-state index contributed by atoms with van der Waals surface area (Å²) in [5.74, 6) is 0.0546. The highest BCUT2D eigenvalue weighted by atomic mass is 16.7. The van der Waals surface area contributed by atoms with Crippen LogP contribution in [0, 0.1) is 0 Å². The summed E-state index contributed by atoms with van der Waals surface area (Å²) in [5, 5.41) is 39.5. The van der Waals surface area contributed by atoms with Crippen LogP contribution < -0.4 is 4.74 Å². The maximum absolute atomic E-state index is 11.4. The fourth-order valence-electron chi connectivity index (χ4n) is 3.38. The third kappa shape index (κ3) is 5.93. The highest BCUT2D eigenvalue weighted by molar-refractivity contribution is 5.87. The Bertz CT molecular complexity index is 908. The molecule has 0 aliphatic carbocycles. The highest BCUT2D eigenvalue weighted by Crippen LogP contribution is 2.28. The number of rotatable bonds is 8. The number of carbonyl (C=O) groups is 1. The molecule has 4 N–H and O–H groups in total. The van der Waals surface area contributed by atoms with Crippen molar-refractivity contribution >= 4 is 12.0 Å². The molecule has 8 nitrogen and oxygen atoms in total. The minimum absolute atomic E-state index is 0.326. The lowest BCUT2D eigenvalue weighted by Crippen LogP contribution is -2.60. The van der Waals surface area contributed by atoms with E-state index in [4.69, 9.17) is 14.2 Å². The summed E-state index contributed by atoms with van der Waals surface area (Å²) in [5.41, 5.74) is 2.66. The average molecular weight is 444 g/mol. The standard InChI is InChI=1S/C24H28O8/c1-2-30-20(26)12-11-15-7-9-16(10-8-15)13-17-5-3-4-6-18(17)31-24-23(29)22(28)21(27)19(14-25)32-24/h3-12,19,21-25,27-29H,2,13-14H2,1H3/t19-,21-,22+,23-,24?/m1/s1. The van der Waals surface area contributed by atoms with E-state index in [0.717, 1.165) is 16.7 Å². The Hall–Kier alpha value is -2.75. The first-order valence-electron chi connectivity index (χ1n) is 10.4. The van der Waals surface area contributed by atoms with Crippen LogP contribution in [-0.4, -0.2) is 70.3 Å². The van der Waals surface area contributed by atoms with Crippen LogP contribution in [0.15, 0.2) is 54.6 Å². The average Bonchev–Trinajstić information content (AvgIpc) is 2.80. The lowest BCUT2D eigenvalue weighted by atomic mass is 9.99. The SMILES string of the molecule is CCOC(=O)C=Cc1ccc(Cc2ccccc2OC2O[C@H](CO)[C@@H](O)[C@H](O)[C@H]2O)cc1. The third-order valence-electron chi connectivity index (χ3n) is 5.14. The second-order valence-corrected chi connectivity index (χ2v) is 7.43. The van der Waals surface area contributed by atoms with Crippen LogP contribution >= 0.6 is 0 Å². The molecule has 1 heterocycles. The van der Waals surface area contributed by atoms with Crippen molar-refractivity contribution < 1.29 is 39.4 Å². The van der Waals surface area contributed by atoms with Crippen molar-refractivity contribution in [2.75, 3.05) is 13.2 Å². The van der Waals surface area contributed by atoms with Crippen LogP contribution in [0.25, 0.3) is 6.08 Å². The van der Waals surface area contributed by atoms with Gasteiger partial charge in [-0.3, -0.25) is 0 Å². The van der Waals surface area contributed by atoms with E-state index in [1.165, 1.54) is 6.08 Å². The number of hydrogen-bond donors (Lipinski definition) is 4. The van der Waals surface area contributed by atoms with Gasteiger partial charge in [-0.05, 0) is 35.8 Å². The molecule has 8 heteroatoms. The first-order valence-corrected chi connectivity index (χ1v) is 10.4. The van der Waals surface area contributed by atoms with Crippen molar-refractivity contribution in [3.8, 4) is 5.75 Å². The van der Waals surface area contributed by atoms with Crippen LogP contribution in [0.5, 0.6) is 5.75 Å². The van der Waals surface area contributed by atoms with E-state index in [-0.39, 0.29) is 0 Å². The molecule has 2 aromatic rings. The second-order valence-electron chi connectivity index (χ2n) is 7.43. The molecular weight excluding hydrogens is 416 g/mol. The Morgan fingerprint density at radius 3 is 2.44 bits per heavy atom. The summed E-state index contributed by atoms with van der Waals surface area (Å²) in [4.78, 5) is 11.4. The van der Waals surface area contributed by atoms with Crippen molar-refractivity contribution in [3.05, 3.63) is 71.3 Å². The number of carbonyl (C=O) groups excluding carboxylic acids is 1. The molecule has 0 aromatic heterocycles. The molecule has 0 spiro atoms. The molecule has 172 valence electrons. The number of ether oxygens (including phenoxy) is 3. The van der Waals surface area contributed by atoms with Crippen molar-refractivity contribution in [2.45, 2.75) is 44.1 Å². The Balaban J connectivity index is 1.70. The van der Waals surface area contributed by atoms with Gasteiger partial charge in [0.2, 0.25) is 6.29 Å².